The van der Waals surface area contributed by atoms with E-state index < -0.39 is 17.3 Å². The van der Waals surface area contributed by atoms with Crippen molar-refractivity contribution >= 4 is 21.8 Å². The maximum atomic E-state index is 13.7. The lowest BCUT2D eigenvalue weighted by Crippen LogP contribution is -2.39. The van der Waals surface area contributed by atoms with Crippen LogP contribution in [0.15, 0.2) is 53.0 Å². The first-order chi connectivity index (χ1) is 16.7. The Kier molecular flexibility index (Phi) is 8.66. The van der Waals surface area contributed by atoms with E-state index in [9.17, 15) is 14.3 Å². The Morgan fingerprint density at radius 3 is 2.46 bits per heavy atom. The molecule has 1 aromatic heterocycles. The van der Waals surface area contributed by atoms with Gasteiger partial charge < -0.3 is 29.7 Å². The van der Waals surface area contributed by atoms with Crippen LogP contribution in [0.25, 0.3) is 11.3 Å². The van der Waals surface area contributed by atoms with Gasteiger partial charge in [-0.25, -0.2) is 9.37 Å². The molecule has 10 heteroatoms. The second-order valence-corrected chi connectivity index (χ2v) is 8.62. The summed E-state index contributed by atoms with van der Waals surface area (Å²) in [5, 5.41) is 22.7. The molecule has 3 rings (SSSR count). The predicted octanol–water partition coefficient (Wildman–Crippen LogP) is 3.68. The number of aliphatic hydroxyl groups excluding tert-OH is 1. The molecule has 1 atom stereocenters. The van der Waals surface area contributed by atoms with Crippen LogP contribution < -0.4 is 19.5 Å². The van der Waals surface area contributed by atoms with Crippen LogP contribution in [0.2, 0.25) is 0 Å². The average molecular weight is 549 g/mol. The van der Waals surface area contributed by atoms with Crippen LogP contribution in [-0.4, -0.2) is 55.1 Å². The first kappa shape index (κ1) is 26.4. The number of nitrogens with one attached hydrogen (secondary N) is 1. The lowest BCUT2D eigenvalue weighted by molar-refractivity contribution is 0.0489. The number of rotatable bonds is 10. The van der Waals surface area contributed by atoms with Gasteiger partial charge in [0.05, 0.1) is 37.5 Å². The summed E-state index contributed by atoms with van der Waals surface area (Å²) in [6.45, 7) is 1.33. The fourth-order valence-corrected chi connectivity index (χ4v) is 3.67. The zero-order chi connectivity index (χ0) is 25.6. The number of benzene rings is 2. The van der Waals surface area contributed by atoms with Gasteiger partial charge >= 0.3 is 0 Å². The Balaban J connectivity index is 1.80. The Hall–Kier alpha value is -3.21. The molecule has 0 bridgehead atoms. The number of ether oxygens (including phenoxy) is 3. The van der Waals surface area contributed by atoms with Crippen LogP contribution in [0.1, 0.15) is 23.0 Å². The van der Waals surface area contributed by atoms with Crippen molar-refractivity contribution in [2.24, 2.45) is 0 Å². The van der Waals surface area contributed by atoms with Gasteiger partial charge in [-0.15, -0.1) is 0 Å². The van der Waals surface area contributed by atoms with Crippen molar-refractivity contribution in [3.63, 3.8) is 0 Å². The largest absolute Gasteiger partial charge is 0.494 e. The van der Waals surface area contributed by atoms with Crippen LogP contribution in [0.3, 0.4) is 0 Å². The van der Waals surface area contributed by atoms with Crippen molar-refractivity contribution in [1.82, 2.24) is 10.3 Å². The molecule has 0 aliphatic heterocycles. The summed E-state index contributed by atoms with van der Waals surface area (Å²) in [5.41, 5.74) is 0.0724. The maximum Gasteiger partial charge on any atom is 0.251 e. The Labute approximate surface area is 210 Å². The number of carbonyl (C=O) groups is 1. The lowest BCUT2D eigenvalue weighted by Gasteiger charge is -2.24. The van der Waals surface area contributed by atoms with Gasteiger partial charge in [0.1, 0.15) is 29.5 Å². The zero-order valence-electron chi connectivity index (χ0n) is 19.5. The highest BCUT2D eigenvalue weighted by molar-refractivity contribution is 9.10. The smallest absolute Gasteiger partial charge is 0.251 e. The Morgan fingerprint density at radius 1 is 1.09 bits per heavy atom. The molecule has 0 spiro atoms. The fraction of sp³-hybridized carbons (Fsp3) is 0.280. The van der Waals surface area contributed by atoms with E-state index in [4.69, 9.17) is 19.3 Å². The number of nitrogens with zero attached hydrogens (tertiary/aromatic N) is 1. The van der Waals surface area contributed by atoms with E-state index >= 15 is 0 Å². The minimum atomic E-state index is -1.53. The topological polar surface area (TPSA) is 110 Å². The molecular formula is C25H26BrFN2O6. The SMILES string of the molecule is COc1cc(C(=O)NCC(C)(O)c2ccc(OC)c(-c3ccc(F)c(Br)c3)n2)ccc1OCCO. The zero-order valence-corrected chi connectivity index (χ0v) is 21.1. The predicted molar refractivity (Wildman–Crippen MR) is 131 cm³/mol. The van der Waals surface area contributed by atoms with Crippen molar-refractivity contribution in [2.75, 3.05) is 34.0 Å². The number of carbonyl (C=O) groups excluding carboxylic acids is 1. The summed E-state index contributed by atoms with van der Waals surface area (Å²) in [7, 11) is 2.94. The van der Waals surface area contributed by atoms with Crippen molar-refractivity contribution < 1.29 is 33.6 Å². The number of halogens is 2. The first-order valence-electron chi connectivity index (χ1n) is 10.6. The normalized spacial score (nSPS) is 12.5. The molecular weight excluding hydrogens is 523 g/mol. The summed E-state index contributed by atoms with van der Waals surface area (Å²) < 4.78 is 30.0. The molecule has 1 unspecified atom stereocenters. The van der Waals surface area contributed by atoms with Crippen LogP contribution >= 0.6 is 15.9 Å². The van der Waals surface area contributed by atoms with E-state index in [1.54, 1.807) is 36.4 Å². The second-order valence-electron chi connectivity index (χ2n) is 7.77. The van der Waals surface area contributed by atoms with E-state index in [1.165, 1.54) is 33.3 Å². The third-order valence-electron chi connectivity index (χ3n) is 5.19. The fourth-order valence-electron chi connectivity index (χ4n) is 3.29. The molecule has 0 radical (unpaired) electrons. The highest BCUT2D eigenvalue weighted by Crippen LogP contribution is 2.33. The van der Waals surface area contributed by atoms with E-state index in [2.05, 4.69) is 26.2 Å². The molecule has 0 fully saturated rings. The first-order valence-corrected chi connectivity index (χ1v) is 11.4. The third kappa shape index (κ3) is 6.27. The quantitative estimate of drug-likeness (QED) is 0.354. The standard InChI is InChI=1S/C25H26BrFN2O6/c1-25(32,14-28-24(31)16-5-7-19(35-11-10-30)21(13-16)34-3)22-9-8-20(33-2)23(29-22)15-4-6-18(27)17(26)12-15/h4-9,12-13,30,32H,10-11,14H2,1-3H3,(H,28,31). The highest BCUT2D eigenvalue weighted by Gasteiger charge is 2.27. The molecule has 186 valence electrons. The Bertz CT molecular complexity index is 1200. The number of aromatic nitrogens is 1. The second kappa shape index (κ2) is 11.5. The number of aliphatic hydroxyl groups is 2. The summed E-state index contributed by atoms with van der Waals surface area (Å²) in [4.78, 5) is 17.3. The van der Waals surface area contributed by atoms with Gasteiger partial charge in [-0.2, -0.15) is 0 Å². The number of methoxy groups -OCH3 is 2. The van der Waals surface area contributed by atoms with Gasteiger partial charge in [0.15, 0.2) is 11.5 Å². The van der Waals surface area contributed by atoms with Gasteiger partial charge in [0.2, 0.25) is 0 Å². The van der Waals surface area contributed by atoms with Crippen molar-refractivity contribution in [1.29, 1.82) is 0 Å². The molecule has 0 aliphatic carbocycles. The third-order valence-corrected chi connectivity index (χ3v) is 5.80. The summed E-state index contributed by atoms with van der Waals surface area (Å²) in [6.07, 6.45) is 0. The van der Waals surface area contributed by atoms with Gasteiger partial charge in [-0.1, -0.05) is 0 Å². The number of hydrogen-bond donors (Lipinski definition) is 3. The maximum absolute atomic E-state index is 13.7. The van der Waals surface area contributed by atoms with Gasteiger partial charge in [0, 0.05) is 11.1 Å². The molecule has 0 saturated carbocycles. The van der Waals surface area contributed by atoms with E-state index in [1.807, 2.05) is 0 Å². The molecule has 35 heavy (non-hydrogen) atoms. The van der Waals surface area contributed by atoms with E-state index in [0.29, 0.717) is 39.8 Å². The minimum absolute atomic E-state index is 0.0937. The molecule has 1 heterocycles. The minimum Gasteiger partial charge on any atom is -0.494 e. The van der Waals surface area contributed by atoms with Crippen LogP contribution in [0, 0.1) is 5.82 Å². The molecule has 0 saturated heterocycles. The molecule has 2 aromatic carbocycles. The summed E-state index contributed by atoms with van der Waals surface area (Å²) in [6, 6.07) is 12.3. The monoisotopic (exact) mass is 548 g/mol. The van der Waals surface area contributed by atoms with Gasteiger partial charge in [-0.3, -0.25) is 4.79 Å². The van der Waals surface area contributed by atoms with Crippen molar-refractivity contribution in [3.8, 4) is 28.5 Å². The number of amides is 1. The van der Waals surface area contributed by atoms with Crippen LogP contribution in [0.5, 0.6) is 17.2 Å². The van der Waals surface area contributed by atoms with Gasteiger partial charge in [-0.05, 0) is 71.4 Å². The molecule has 8 nitrogen and oxygen atoms in total. The molecule has 0 aliphatic rings. The summed E-state index contributed by atoms with van der Waals surface area (Å²) in [5.74, 6) is 0.330. The van der Waals surface area contributed by atoms with Crippen molar-refractivity contribution in [3.05, 3.63) is 70.1 Å². The van der Waals surface area contributed by atoms with E-state index in [0.717, 1.165) is 0 Å². The molecule has 1 amide bonds. The number of pyridine rings is 1. The van der Waals surface area contributed by atoms with E-state index in [-0.39, 0.29) is 24.2 Å². The van der Waals surface area contributed by atoms with Crippen LogP contribution in [-0.2, 0) is 5.60 Å². The summed E-state index contributed by atoms with van der Waals surface area (Å²) >= 11 is 3.17. The van der Waals surface area contributed by atoms with Crippen LogP contribution in [0.4, 0.5) is 4.39 Å². The number of hydrogen-bond acceptors (Lipinski definition) is 7. The highest BCUT2D eigenvalue weighted by atomic mass is 79.9. The molecule has 3 N–H and O–H groups in total. The molecule has 3 aromatic rings. The van der Waals surface area contributed by atoms with Crippen molar-refractivity contribution in [2.45, 2.75) is 12.5 Å². The van der Waals surface area contributed by atoms with Gasteiger partial charge in [0.25, 0.3) is 5.91 Å². The lowest BCUT2D eigenvalue weighted by atomic mass is 9.99. The average Bonchev–Trinajstić information content (AvgIpc) is 2.87. The Morgan fingerprint density at radius 2 is 1.80 bits per heavy atom.